The van der Waals surface area contributed by atoms with E-state index in [1.807, 2.05) is 12.1 Å². The molecule has 2 heterocycles. The van der Waals surface area contributed by atoms with Crippen molar-refractivity contribution in [3.05, 3.63) is 47.7 Å². The van der Waals surface area contributed by atoms with Crippen LogP contribution in [0.3, 0.4) is 0 Å². The second-order valence-corrected chi connectivity index (χ2v) is 8.71. The zero-order valence-corrected chi connectivity index (χ0v) is 13.9. The molecule has 4 nitrogen and oxygen atoms in total. The summed E-state index contributed by atoms with van der Waals surface area (Å²) in [6.45, 7) is 2.05. The summed E-state index contributed by atoms with van der Waals surface area (Å²) in [5.41, 5.74) is 1.23. The summed E-state index contributed by atoms with van der Waals surface area (Å²) in [4.78, 5) is 5.43. The Balaban J connectivity index is 1.63. The molecule has 1 fully saturated rings. The molecule has 0 N–H and O–H groups in total. The van der Waals surface area contributed by atoms with E-state index in [-0.39, 0.29) is 17.5 Å². The maximum Gasteiger partial charge on any atom is 0.165 e. The zero-order valence-electron chi connectivity index (χ0n) is 12.2. The van der Waals surface area contributed by atoms with Gasteiger partial charge in [-0.1, -0.05) is 29.5 Å². The summed E-state index contributed by atoms with van der Waals surface area (Å²) < 4.78 is 28.5. The molecule has 3 rings (SSSR count). The van der Waals surface area contributed by atoms with Gasteiger partial charge in [-0.15, -0.1) is 0 Å². The highest BCUT2D eigenvalue weighted by molar-refractivity contribution is 7.99. The normalized spacial score (nSPS) is 20.7. The third-order valence-corrected chi connectivity index (χ3v) is 6.14. The van der Waals surface area contributed by atoms with E-state index in [0.717, 1.165) is 9.99 Å². The van der Waals surface area contributed by atoms with E-state index in [1.165, 1.54) is 5.56 Å². The van der Waals surface area contributed by atoms with E-state index in [4.69, 9.17) is 4.42 Å². The van der Waals surface area contributed by atoms with Crippen molar-refractivity contribution in [2.24, 2.45) is 4.99 Å². The lowest BCUT2D eigenvalue weighted by atomic mass is 10.2. The van der Waals surface area contributed by atoms with Gasteiger partial charge in [-0.3, -0.25) is 4.99 Å². The quantitative estimate of drug-likeness (QED) is 0.804. The molecule has 1 aliphatic heterocycles. The molecule has 0 saturated carbocycles. The molecule has 0 amide bonds. The number of rotatable bonds is 4. The fourth-order valence-corrected chi connectivity index (χ4v) is 4.67. The Labute approximate surface area is 134 Å². The van der Waals surface area contributed by atoms with Crippen molar-refractivity contribution >= 4 is 27.8 Å². The molecular weight excluding hydrogens is 318 g/mol. The highest BCUT2D eigenvalue weighted by Crippen LogP contribution is 2.29. The molecule has 1 aromatic heterocycles. The summed E-state index contributed by atoms with van der Waals surface area (Å²) in [6.07, 6.45) is 2.23. The number of hydrogen-bond donors (Lipinski definition) is 0. The third-order valence-electron chi connectivity index (χ3n) is 3.46. The van der Waals surface area contributed by atoms with Crippen LogP contribution in [0.25, 0.3) is 0 Å². The lowest BCUT2D eigenvalue weighted by Gasteiger charge is -1.99. The average Bonchev–Trinajstić information content (AvgIpc) is 3.05. The van der Waals surface area contributed by atoms with Gasteiger partial charge in [0.2, 0.25) is 0 Å². The first kappa shape index (κ1) is 15.4. The maximum atomic E-state index is 11.4. The molecule has 1 aromatic carbocycles. The number of furan rings is 1. The van der Waals surface area contributed by atoms with Gasteiger partial charge in [-0.2, -0.15) is 0 Å². The lowest BCUT2D eigenvalue weighted by molar-refractivity contribution is 0.468. The second-order valence-electron chi connectivity index (χ2n) is 5.41. The molecule has 2 aromatic rings. The fourth-order valence-electron chi connectivity index (χ4n) is 2.25. The Bertz CT molecular complexity index is 776. The molecule has 116 valence electrons. The van der Waals surface area contributed by atoms with Gasteiger partial charge in [0.15, 0.2) is 14.9 Å². The molecule has 1 saturated heterocycles. The lowest BCUT2D eigenvalue weighted by Crippen LogP contribution is -2.07. The number of benzene rings is 1. The van der Waals surface area contributed by atoms with Gasteiger partial charge in [0.1, 0.15) is 5.76 Å². The van der Waals surface area contributed by atoms with E-state index in [1.54, 1.807) is 18.0 Å². The predicted molar refractivity (Wildman–Crippen MR) is 88.7 cm³/mol. The van der Waals surface area contributed by atoms with Crippen LogP contribution in [0.4, 0.5) is 0 Å². The summed E-state index contributed by atoms with van der Waals surface area (Å²) in [6, 6.07) is 11.9. The van der Waals surface area contributed by atoms with E-state index in [0.29, 0.717) is 12.2 Å². The smallest absolute Gasteiger partial charge is 0.165 e. The van der Waals surface area contributed by atoms with Crippen LogP contribution in [0.2, 0.25) is 0 Å². The van der Waals surface area contributed by atoms with Gasteiger partial charge in [-0.25, -0.2) is 8.42 Å². The van der Waals surface area contributed by atoms with Crippen LogP contribution in [0.15, 0.2) is 55.8 Å². The van der Waals surface area contributed by atoms with Crippen molar-refractivity contribution in [2.45, 2.75) is 29.4 Å². The molecular formula is C16H17NO3S2. The van der Waals surface area contributed by atoms with Crippen molar-refractivity contribution < 1.29 is 12.8 Å². The Morgan fingerprint density at radius 3 is 2.68 bits per heavy atom. The van der Waals surface area contributed by atoms with Crippen LogP contribution in [0.5, 0.6) is 0 Å². The molecule has 0 bridgehead atoms. The molecule has 1 aliphatic rings. The molecule has 1 atom stereocenters. The Morgan fingerprint density at radius 2 is 2.00 bits per heavy atom. The van der Waals surface area contributed by atoms with E-state index < -0.39 is 9.84 Å². The van der Waals surface area contributed by atoms with Gasteiger partial charge < -0.3 is 4.42 Å². The standard InChI is InChI=1S/C16H17NO3S2/c1-12-2-5-15(6-3-12)21-16-7-4-14(20-16)10-17-13-8-9-22(18,19)11-13/h2-7,10,13H,8-9,11H2,1H3. The topological polar surface area (TPSA) is 59.6 Å². The monoisotopic (exact) mass is 335 g/mol. The summed E-state index contributed by atoms with van der Waals surface area (Å²) >= 11 is 1.55. The fraction of sp³-hybridized carbons (Fsp3) is 0.312. The van der Waals surface area contributed by atoms with Crippen LogP contribution in [0, 0.1) is 6.92 Å². The average molecular weight is 335 g/mol. The first-order valence-electron chi connectivity index (χ1n) is 7.08. The number of hydrogen-bond acceptors (Lipinski definition) is 5. The third kappa shape index (κ3) is 4.01. The van der Waals surface area contributed by atoms with Gasteiger partial charge in [-0.05, 0) is 37.6 Å². The Kier molecular flexibility index (Phi) is 4.40. The van der Waals surface area contributed by atoms with Crippen molar-refractivity contribution in [1.29, 1.82) is 0 Å². The first-order chi connectivity index (χ1) is 10.5. The van der Waals surface area contributed by atoms with Crippen molar-refractivity contribution in [3.63, 3.8) is 0 Å². The van der Waals surface area contributed by atoms with Crippen molar-refractivity contribution in [1.82, 2.24) is 0 Å². The van der Waals surface area contributed by atoms with E-state index >= 15 is 0 Å². The minimum Gasteiger partial charge on any atom is -0.449 e. The molecule has 0 spiro atoms. The minimum atomic E-state index is -2.89. The molecule has 1 unspecified atom stereocenters. The summed E-state index contributed by atoms with van der Waals surface area (Å²) in [5.74, 6) is 1.04. The van der Waals surface area contributed by atoms with Crippen LogP contribution < -0.4 is 0 Å². The van der Waals surface area contributed by atoms with Crippen LogP contribution in [0.1, 0.15) is 17.7 Å². The van der Waals surface area contributed by atoms with Gasteiger partial charge in [0.25, 0.3) is 0 Å². The summed E-state index contributed by atoms with van der Waals surface area (Å²) in [7, 11) is -2.89. The number of aliphatic imine (C=N–C) groups is 1. The zero-order chi connectivity index (χ0) is 15.6. The maximum absolute atomic E-state index is 11.4. The Morgan fingerprint density at radius 1 is 1.23 bits per heavy atom. The highest BCUT2D eigenvalue weighted by Gasteiger charge is 2.26. The van der Waals surface area contributed by atoms with E-state index in [2.05, 4.69) is 36.2 Å². The van der Waals surface area contributed by atoms with Crippen LogP contribution in [-0.2, 0) is 9.84 Å². The van der Waals surface area contributed by atoms with E-state index in [9.17, 15) is 8.42 Å². The minimum absolute atomic E-state index is 0.136. The number of sulfone groups is 1. The van der Waals surface area contributed by atoms with Crippen LogP contribution >= 0.6 is 11.8 Å². The van der Waals surface area contributed by atoms with Crippen LogP contribution in [-0.4, -0.2) is 32.2 Å². The number of aryl methyl sites for hydroxylation is 1. The van der Waals surface area contributed by atoms with Gasteiger partial charge in [0, 0.05) is 4.90 Å². The van der Waals surface area contributed by atoms with Crippen molar-refractivity contribution in [2.75, 3.05) is 11.5 Å². The molecule has 22 heavy (non-hydrogen) atoms. The first-order valence-corrected chi connectivity index (χ1v) is 9.72. The summed E-state index contributed by atoms with van der Waals surface area (Å²) in [5, 5.41) is 0.796. The Hall–Kier alpha value is -1.53. The SMILES string of the molecule is Cc1ccc(Sc2ccc(C=NC3CCS(=O)(=O)C3)o2)cc1. The largest absolute Gasteiger partial charge is 0.449 e. The van der Waals surface area contributed by atoms with Crippen molar-refractivity contribution in [3.8, 4) is 0 Å². The highest BCUT2D eigenvalue weighted by atomic mass is 32.2. The molecule has 0 aliphatic carbocycles. The molecule has 6 heteroatoms. The molecule has 0 radical (unpaired) electrons. The number of nitrogens with zero attached hydrogens (tertiary/aromatic N) is 1. The predicted octanol–water partition coefficient (Wildman–Crippen LogP) is 3.35. The van der Waals surface area contributed by atoms with Gasteiger partial charge >= 0.3 is 0 Å². The second kappa shape index (κ2) is 6.30. The van der Waals surface area contributed by atoms with Gasteiger partial charge in [0.05, 0.1) is 23.8 Å².